The Balaban J connectivity index is 2.18. The predicted octanol–water partition coefficient (Wildman–Crippen LogP) is 2.96. The Morgan fingerprint density at radius 3 is 3.13 bits per heavy atom. The lowest BCUT2D eigenvalue weighted by Gasteiger charge is -2.13. The molecule has 0 bridgehead atoms. The average Bonchev–Trinajstić information content (AvgIpc) is 2.60. The summed E-state index contributed by atoms with van der Waals surface area (Å²) in [6.45, 7) is 1.88. The third-order valence-electron chi connectivity index (χ3n) is 2.84. The second-order valence-corrected chi connectivity index (χ2v) is 4.77. The van der Waals surface area contributed by atoms with Gasteiger partial charge in [0.25, 0.3) is 0 Å². The van der Waals surface area contributed by atoms with E-state index >= 15 is 0 Å². The van der Waals surface area contributed by atoms with E-state index in [1.165, 1.54) is 11.1 Å². The number of rotatable bonds is 2. The van der Waals surface area contributed by atoms with Crippen molar-refractivity contribution in [3.63, 3.8) is 0 Å². The summed E-state index contributed by atoms with van der Waals surface area (Å²) in [6, 6.07) is 6.51. The number of carbonyl (C=O) groups excluding carboxylic acids is 1. The molecule has 15 heavy (non-hydrogen) atoms. The van der Waals surface area contributed by atoms with Gasteiger partial charge in [0.1, 0.15) is 0 Å². The maximum absolute atomic E-state index is 11.3. The highest BCUT2D eigenvalue weighted by atomic mass is 79.9. The minimum absolute atomic E-state index is 0.135. The van der Waals surface area contributed by atoms with Gasteiger partial charge < -0.3 is 5.32 Å². The van der Waals surface area contributed by atoms with Gasteiger partial charge in [-0.25, -0.2) is 0 Å². The number of nitrogens with one attached hydrogen (secondary N) is 1. The average molecular weight is 268 g/mol. The van der Waals surface area contributed by atoms with E-state index in [9.17, 15) is 4.79 Å². The molecular formula is C12H14BrNO. The second-order valence-electron chi connectivity index (χ2n) is 3.86. The lowest BCUT2D eigenvalue weighted by molar-refractivity contribution is -0.121. The van der Waals surface area contributed by atoms with E-state index in [2.05, 4.69) is 33.4 Å². The molecule has 80 valence electrons. The van der Waals surface area contributed by atoms with E-state index in [4.69, 9.17) is 0 Å². The Bertz CT molecular complexity index is 389. The lowest BCUT2D eigenvalue weighted by atomic mass is 10.1. The molecule has 0 saturated heterocycles. The van der Waals surface area contributed by atoms with Crippen molar-refractivity contribution >= 4 is 21.8 Å². The monoisotopic (exact) mass is 267 g/mol. The number of hydrogen-bond acceptors (Lipinski definition) is 1. The fraction of sp³-hybridized carbons (Fsp3) is 0.417. The quantitative estimate of drug-likeness (QED) is 0.877. The second kappa shape index (κ2) is 4.35. The Labute approximate surface area is 98.2 Å². The summed E-state index contributed by atoms with van der Waals surface area (Å²) >= 11 is 3.46. The van der Waals surface area contributed by atoms with Gasteiger partial charge in [0, 0.05) is 10.9 Å². The molecule has 0 fully saturated rings. The minimum atomic E-state index is 0.135. The predicted molar refractivity (Wildman–Crippen MR) is 63.6 cm³/mol. The largest absolute Gasteiger partial charge is 0.349 e. The van der Waals surface area contributed by atoms with Crippen LogP contribution in [0, 0.1) is 0 Å². The van der Waals surface area contributed by atoms with Crippen LogP contribution in [0.3, 0.4) is 0 Å². The fourth-order valence-corrected chi connectivity index (χ4v) is 2.44. The molecule has 0 saturated carbocycles. The number of halogens is 1. The standard InChI is InChI=1S/C12H14BrNO/c1-2-12(15)14-11-6-3-8-7-9(13)4-5-10(8)11/h4-5,7,11H,2-3,6H2,1H3,(H,14,15)/t11-/m1/s1. The maximum Gasteiger partial charge on any atom is 0.220 e. The fourth-order valence-electron chi connectivity index (χ4n) is 2.03. The van der Waals surface area contributed by atoms with E-state index < -0.39 is 0 Å². The van der Waals surface area contributed by atoms with Crippen LogP contribution in [0.15, 0.2) is 22.7 Å². The normalized spacial score (nSPS) is 18.7. The zero-order chi connectivity index (χ0) is 10.8. The molecule has 1 aliphatic carbocycles. The van der Waals surface area contributed by atoms with Gasteiger partial charge in [0.05, 0.1) is 6.04 Å². The van der Waals surface area contributed by atoms with E-state index in [0.29, 0.717) is 6.42 Å². The number of carbonyl (C=O) groups is 1. The molecule has 3 heteroatoms. The van der Waals surface area contributed by atoms with Gasteiger partial charge in [-0.05, 0) is 36.1 Å². The van der Waals surface area contributed by atoms with Crippen molar-refractivity contribution in [3.8, 4) is 0 Å². The van der Waals surface area contributed by atoms with Gasteiger partial charge in [-0.1, -0.05) is 28.9 Å². The molecule has 0 aliphatic heterocycles. The van der Waals surface area contributed by atoms with Crippen LogP contribution in [0.4, 0.5) is 0 Å². The van der Waals surface area contributed by atoms with Gasteiger partial charge in [-0.15, -0.1) is 0 Å². The molecule has 1 aromatic carbocycles. The van der Waals surface area contributed by atoms with Crippen LogP contribution in [-0.4, -0.2) is 5.91 Å². The van der Waals surface area contributed by atoms with Crippen molar-refractivity contribution in [2.45, 2.75) is 32.2 Å². The molecular weight excluding hydrogens is 254 g/mol. The molecule has 0 unspecified atom stereocenters. The third kappa shape index (κ3) is 2.23. The van der Waals surface area contributed by atoms with Crippen LogP contribution in [0.5, 0.6) is 0 Å². The first-order chi connectivity index (χ1) is 7.20. The van der Waals surface area contributed by atoms with E-state index in [1.807, 2.05) is 13.0 Å². The van der Waals surface area contributed by atoms with E-state index in [1.54, 1.807) is 0 Å². The zero-order valence-corrected chi connectivity index (χ0v) is 10.3. The first kappa shape index (κ1) is 10.7. The highest BCUT2D eigenvalue weighted by molar-refractivity contribution is 9.10. The number of fused-ring (bicyclic) bond motifs is 1. The highest BCUT2D eigenvalue weighted by Gasteiger charge is 2.23. The minimum Gasteiger partial charge on any atom is -0.349 e. The molecule has 1 atom stereocenters. The van der Waals surface area contributed by atoms with Crippen molar-refractivity contribution in [1.82, 2.24) is 5.32 Å². The molecule has 2 rings (SSSR count). The van der Waals surface area contributed by atoms with Gasteiger partial charge in [-0.3, -0.25) is 4.79 Å². The van der Waals surface area contributed by atoms with Crippen LogP contribution in [0.25, 0.3) is 0 Å². The van der Waals surface area contributed by atoms with Crippen LogP contribution < -0.4 is 5.32 Å². The molecule has 1 N–H and O–H groups in total. The Morgan fingerprint density at radius 1 is 1.60 bits per heavy atom. The molecule has 2 nitrogen and oxygen atoms in total. The van der Waals surface area contributed by atoms with Crippen LogP contribution in [0.1, 0.15) is 36.9 Å². The molecule has 1 aliphatic rings. The lowest BCUT2D eigenvalue weighted by Crippen LogP contribution is -2.26. The molecule has 1 amide bonds. The van der Waals surface area contributed by atoms with Gasteiger partial charge in [0.15, 0.2) is 0 Å². The van der Waals surface area contributed by atoms with Gasteiger partial charge in [0.2, 0.25) is 5.91 Å². The molecule has 0 radical (unpaired) electrons. The van der Waals surface area contributed by atoms with Crippen molar-refractivity contribution in [2.24, 2.45) is 0 Å². The Morgan fingerprint density at radius 2 is 2.40 bits per heavy atom. The molecule has 0 aromatic heterocycles. The SMILES string of the molecule is CCC(=O)N[C@@H]1CCc2cc(Br)ccc21. The first-order valence-electron chi connectivity index (χ1n) is 5.28. The maximum atomic E-state index is 11.3. The molecule has 0 heterocycles. The first-order valence-corrected chi connectivity index (χ1v) is 6.07. The summed E-state index contributed by atoms with van der Waals surface area (Å²) in [7, 11) is 0. The number of aryl methyl sites for hydroxylation is 1. The molecule has 0 spiro atoms. The Kier molecular flexibility index (Phi) is 3.10. The summed E-state index contributed by atoms with van der Waals surface area (Å²) in [6.07, 6.45) is 2.64. The Hall–Kier alpha value is -0.830. The van der Waals surface area contributed by atoms with Gasteiger partial charge in [-0.2, -0.15) is 0 Å². The number of amides is 1. The van der Waals surface area contributed by atoms with Crippen molar-refractivity contribution < 1.29 is 4.79 Å². The topological polar surface area (TPSA) is 29.1 Å². The van der Waals surface area contributed by atoms with Crippen molar-refractivity contribution in [2.75, 3.05) is 0 Å². The zero-order valence-electron chi connectivity index (χ0n) is 8.72. The smallest absolute Gasteiger partial charge is 0.220 e. The summed E-state index contributed by atoms with van der Waals surface area (Å²) in [5.74, 6) is 0.135. The third-order valence-corrected chi connectivity index (χ3v) is 3.33. The van der Waals surface area contributed by atoms with E-state index in [-0.39, 0.29) is 11.9 Å². The summed E-state index contributed by atoms with van der Waals surface area (Å²) < 4.78 is 1.11. The van der Waals surface area contributed by atoms with Gasteiger partial charge >= 0.3 is 0 Å². The summed E-state index contributed by atoms with van der Waals surface area (Å²) in [5, 5.41) is 3.05. The summed E-state index contributed by atoms with van der Waals surface area (Å²) in [5.41, 5.74) is 2.63. The van der Waals surface area contributed by atoms with Crippen LogP contribution >= 0.6 is 15.9 Å². The molecule has 1 aromatic rings. The summed E-state index contributed by atoms with van der Waals surface area (Å²) in [4.78, 5) is 11.3. The number of benzene rings is 1. The number of hydrogen-bond donors (Lipinski definition) is 1. The highest BCUT2D eigenvalue weighted by Crippen LogP contribution is 2.32. The van der Waals surface area contributed by atoms with Crippen molar-refractivity contribution in [3.05, 3.63) is 33.8 Å². The van der Waals surface area contributed by atoms with Crippen LogP contribution in [0.2, 0.25) is 0 Å². The van der Waals surface area contributed by atoms with Crippen molar-refractivity contribution in [1.29, 1.82) is 0 Å². The van der Waals surface area contributed by atoms with Crippen LogP contribution in [-0.2, 0) is 11.2 Å². The van der Waals surface area contributed by atoms with E-state index in [0.717, 1.165) is 17.3 Å².